The molecular formula is C29H40O7. The molecule has 0 aromatic heterocycles. The molecule has 198 valence electrons. The molecule has 0 aromatic carbocycles. The van der Waals surface area contributed by atoms with E-state index in [9.17, 15) is 9.59 Å². The lowest BCUT2D eigenvalue weighted by atomic mass is 9.53. The van der Waals surface area contributed by atoms with Crippen LogP contribution in [-0.2, 0) is 33.3 Å². The van der Waals surface area contributed by atoms with Crippen LogP contribution in [0.1, 0.15) is 80.6 Å². The maximum Gasteiger partial charge on any atom is 0.306 e. The lowest BCUT2D eigenvalue weighted by Gasteiger charge is -2.51. The minimum absolute atomic E-state index is 0.0106. The summed E-state index contributed by atoms with van der Waals surface area (Å²) in [6.07, 6.45) is 5.75. The summed E-state index contributed by atoms with van der Waals surface area (Å²) < 4.78 is 31.2. The van der Waals surface area contributed by atoms with Gasteiger partial charge in [0.15, 0.2) is 5.78 Å². The first-order valence-electron chi connectivity index (χ1n) is 14.0. The van der Waals surface area contributed by atoms with Crippen molar-refractivity contribution in [3.8, 4) is 0 Å². The van der Waals surface area contributed by atoms with E-state index >= 15 is 0 Å². The van der Waals surface area contributed by atoms with Crippen LogP contribution in [0.4, 0.5) is 0 Å². The number of fused-ring (bicyclic) bond motifs is 8. The molecule has 4 saturated heterocycles. The molecule has 0 N–H and O–H groups in total. The van der Waals surface area contributed by atoms with Gasteiger partial charge in [0, 0.05) is 43.4 Å². The Kier molecular flexibility index (Phi) is 4.51. The minimum atomic E-state index is -1.06. The number of ether oxygens (including phenoxy) is 5. The average molecular weight is 501 g/mol. The summed E-state index contributed by atoms with van der Waals surface area (Å²) in [4.78, 5) is 26.1. The summed E-state index contributed by atoms with van der Waals surface area (Å²) >= 11 is 0. The number of esters is 1. The topological polar surface area (TPSA) is 83.6 Å². The maximum absolute atomic E-state index is 14.0. The quantitative estimate of drug-likeness (QED) is 0.412. The van der Waals surface area contributed by atoms with E-state index in [1.165, 1.54) is 0 Å². The van der Waals surface area contributed by atoms with Gasteiger partial charge in [-0.2, -0.15) is 0 Å². The Balaban J connectivity index is 1.20. The van der Waals surface area contributed by atoms with Crippen LogP contribution in [0.15, 0.2) is 11.6 Å². The molecule has 7 heteroatoms. The maximum atomic E-state index is 14.0. The molecule has 7 aliphatic rings. The molecule has 7 rings (SSSR count). The third-order valence-corrected chi connectivity index (χ3v) is 11.9. The Morgan fingerprint density at radius 1 is 1.06 bits per heavy atom. The Labute approximate surface area is 213 Å². The minimum Gasteiger partial charge on any atom is -0.456 e. The van der Waals surface area contributed by atoms with Crippen molar-refractivity contribution in [2.75, 3.05) is 0 Å². The Morgan fingerprint density at radius 2 is 1.81 bits per heavy atom. The van der Waals surface area contributed by atoms with Gasteiger partial charge in [0.25, 0.3) is 5.97 Å². The predicted molar refractivity (Wildman–Crippen MR) is 128 cm³/mol. The average Bonchev–Trinajstić information content (AvgIpc) is 3.32. The second-order valence-corrected chi connectivity index (χ2v) is 13.8. The fourth-order valence-electron chi connectivity index (χ4n) is 9.58. The molecule has 3 aliphatic carbocycles. The van der Waals surface area contributed by atoms with Crippen LogP contribution in [0.3, 0.4) is 0 Å². The number of rotatable bonds is 2. The summed E-state index contributed by atoms with van der Waals surface area (Å²) in [7, 11) is 0. The van der Waals surface area contributed by atoms with Crippen LogP contribution in [0.5, 0.6) is 0 Å². The molecule has 0 radical (unpaired) electrons. The highest BCUT2D eigenvalue weighted by Gasteiger charge is 2.74. The van der Waals surface area contributed by atoms with Gasteiger partial charge in [0.1, 0.15) is 17.3 Å². The molecular weight excluding hydrogens is 460 g/mol. The highest BCUT2D eigenvalue weighted by atomic mass is 16.9. The van der Waals surface area contributed by atoms with Gasteiger partial charge in [-0.3, -0.25) is 9.59 Å². The summed E-state index contributed by atoms with van der Waals surface area (Å²) in [6, 6.07) is 0. The molecule has 12 atom stereocenters. The summed E-state index contributed by atoms with van der Waals surface area (Å²) in [5.74, 6) is -0.121. The van der Waals surface area contributed by atoms with Crippen molar-refractivity contribution in [3.63, 3.8) is 0 Å². The first-order valence-corrected chi connectivity index (χ1v) is 14.0. The fourth-order valence-corrected chi connectivity index (χ4v) is 9.58. The van der Waals surface area contributed by atoms with E-state index < -0.39 is 28.2 Å². The van der Waals surface area contributed by atoms with E-state index in [-0.39, 0.29) is 59.7 Å². The molecule has 1 spiro atoms. The zero-order valence-electron chi connectivity index (χ0n) is 22.6. The van der Waals surface area contributed by atoms with Gasteiger partial charge in [-0.1, -0.05) is 26.3 Å². The third kappa shape index (κ3) is 2.73. The molecule has 2 bridgehead atoms. The Morgan fingerprint density at radius 3 is 2.47 bits per heavy atom. The SMILES string of the molecule is C[C@@H](C1CCC2C3C(=CC(=O)[C@@]21C)[C@H](C)[C@]1(CCC(=O)O1)[C@@H]1O[C@H]31)[C@H]1C[C@]2(C)O[C@@](C)(O1)OC2(C)C. The van der Waals surface area contributed by atoms with Crippen LogP contribution in [-0.4, -0.2) is 52.8 Å². The van der Waals surface area contributed by atoms with Crippen LogP contribution in [0.25, 0.3) is 0 Å². The number of hydrogen-bond donors (Lipinski definition) is 0. The number of epoxide rings is 1. The number of allylic oxidation sites excluding steroid dienone is 1. The molecule has 0 aromatic rings. The van der Waals surface area contributed by atoms with Crippen LogP contribution < -0.4 is 0 Å². The highest BCUT2D eigenvalue weighted by Crippen LogP contribution is 2.67. The number of carbonyl (C=O) groups excluding carboxylic acids is 2. The fraction of sp³-hybridized carbons (Fsp3) is 0.862. The predicted octanol–water partition coefficient (Wildman–Crippen LogP) is 4.32. The lowest BCUT2D eigenvalue weighted by Crippen LogP contribution is -2.57. The second-order valence-electron chi connectivity index (χ2n) is 13.8. The number of ketones is 1. The third-order valence-electron chi connectivity index (χ3n) is 11.9. The molecule has 4 heterocycles. The van der Waals surface area contributed by atoms with Crippen molar-refractivity contribution in [1.82, 2.24) is 0 Å². The van der Waals surface area contributed by atoms with Gasteiger partial charge in [0.2, 0.25) is 0 Å². The van der Waals surface area contributed by atoms with Gasteiger partial charge >= 0.3 is 5.97 Å². The molecule has 4 aliphatic heterocycles. The van der Waals surface area contributed by atoms with Crippen LogP contribution in [0, 0.1) is 35.0 Å². The van der Waals surface area contributed by atoms with E-state index in [1.54, 1.807) is 0 Å². The van der Waals surface area contributed by atoms with Crippen molar-refractivity contribution in [2.45, 2.75) is 122 Å². The van der Waals surface area contributed by atoms with E-state index in [1.807, 2.05) is 13.0 Å². The van der Waals surface area contributed by atoms with E-state index in [0.717, 1.165) is 24.8 Å². The van der Waals surface area contributed by atoms with E-state index in [4.69, 9.17) is 23.7 Å². The summed E-state index contributed by atoms with van der Waals surface area (Å²) in [6.45, 7) is 14.7. The molecule has 36 heavy (non-hydrogen) atoms. The lowest BCUT2D eigenvalue weighted by molar-refractivity contribution is -0.385. The largest absolute Gasteiger partial charge is 0.456 e. The molecule has 0 amide bonds. The van der Waals surface area contributed by atoms with Crippen LogP contribution >= 0.6 is 0 Å². The Bertz CT molecular complexity index is 1080. The van der Waals surface area contributed by atoms with Crippen molar-refractivity contribution in [2.24, 2.45) is 35.0 Å². The van der Waals surface area contributed by atoms with E-state index in [0.29, 0.717) is 12.8 Å². The van der Waals surface area contributed by atoms with Gasteiger partial charge in [-0.05, 0) is 57.4 Å². The summed E-state index contributed by atoms with van der Waals surface area (Å²) in [5, 5.41) is 0. The second kappa shape index (κ2) is 6.83. The zero-order valence-corrected chi connectivity index (χ0v) is 22.6. The zero-order chi connectivity index (χ0) is 25.6. The summed E-state index contributed by atoms with van der Waals surface area (Å²) in [5.41, 5.74) is -0.787. The van der Waals surface area contributed by atoms with Gasteiger partial charge in [0.05, 0.1) is 17.8 Å². The van der Waals surface area contributed by atoms with Gasteiger partial charge in [-0.25, -0.2) is 0 Å². The monoisotopic (exact) mass is 500 g/mol. The van der Waals surface area contributed by atoms with Crippen molar-refractivity contribution < 1.29 is 33.3 Å². The smallest absolute Gasteiger partial charge is 0.306 e. The Hall–Kier alpha value is -1.28. The van der Waals surface area contributed by atoms with Crippen molar-refractivity contribution in [1.29, 1.82) is 0 Å². The molecule has 7 nitrogen and oxygen atoms in total. The highest BCUT2D eigenvalue weighted by molar-refractivity contribution is 5.97. The van der Waals surface area contributed by atoms with Crippen molar-refractivity contribution >= 4 is 11.8 Å². The molecule has 2 saturated carbocycles. The molecule has 3 unspecified atom stereocenters. The van der Waals surface area contributed by atoms with E-state index in [2.05, 4.69) is 41.5 Å². The van der Waals surface area contributed by atoms with Gasteiger partial charge < -0.3 is 23.7 Å². The first-order chi connectivity index (χ1) is 16.7. The molecule has 6 fully saturated rings. The van der Waals surface area contributed by atoms with Crippen molar-refractivity contribution in [3.05, 3.63) is 11.6 Å². The van der Waals surface area contributed by atoms with Gasteiger partial charge in [-0.15, -0.1) is 0 Å². The first kappa shape index (κ1) is 23.8. The number of carbonyl (C=O) groups is 2. The van der Waals surface area contributed by atoms with Crippen LogP contribution in [0.2, 0.25) is 0 Å². The standard InChI is InChI=1S/C29H40O7/c1-14(19-13-26(5)25(3,4)35-28(7,33-19)36-26)17-8-9-18-22-16(12-20(30)27(17,18)6)15(2)29(24-23(22)32-24)11-10-21(31)34-29/h12,14-15,17-19,22-24H,8-11,13H2,1-7H3/t14-,15-,17?,18?,19+,22?,23+,24+,26-,27+,28-,29+/m0/s1. The number of hydrogen-bond acceptors (Lipinski definition) is 7. The normalized spacial score (nSPS) is 57.1.